The van der Waals surface area contributed by atoms with Crippen LogP contribution in [-0.2, 0) is 4.79 Å². The second kappa shape index (κ2) is 8.41. The first kappa shape index (κ1) is 21.1. The molecular weight excluding hydrogens is 460 g/mol. The van der Waals surface area contributed by atoms with Crippen molar-refractivity contribution in [2.45, 2.75) is 13.8 Å². The molecule has 10 heteroatoms. The molecule has 6 rings (SSSR count). The highest BCUT2D eigenvalue weighted by Crippen LogP contribution is 2.33. The van der Waals surface area contributed by atoms with Crippen LogP contribution >= 0.6 is 11.3 Å². The molecule has 0 aliphatic rings. The Hall–Kier alpha value is -4.44. The molecule has 6 heterocycles. The van der Waals surface area contributed by atoms with Crippen molar-refractivity contribution in [3.63, 3.8) is 0 Å². The molecule has 0 radical (unpaired) electrons. The van der Waals surface area contributed by atoms with Gasteiger partial charge in [-0.2, -0.15) is 5.10 Å². The fourth-order valence-corrected chi connectivity index (χ4v) is 4.57. The molecule has 0 aliphatic heterocycles. The zero-order valence-corrected chi connectivity index (χ0v) is 19.7. The Balaban J connectivity index is 1.41. The first-order valence-corrected chi connectivity index (χ1v) is 11.9. The molecule has 35 heavy (non-hydrogen) atoms. The molecule has 3 N–H and O–H groups in total. The minimum absolute atomic E-state index is 0.0649. The Morgan fingerprint density at radius 3 is 2.83 bits per heavy atom. The number of carbonyl (C=O) groups is 1. The Labute approximate surface area is 203 Å². The average molecular weight is 481 g/mol. The van der Waals surface area contributed by atoms with Gasteiger partial charge in [0.2, 0.25) is 5.91 Å². The first-order chi connectivity index (χ1) is 17.1. The van der Waals surface area contributed by atoms with E-state index in [2.05, 4.69) is 36.5 Å². The minimum Gasteiger partial charge on any atom is -0.324 e. The number of nitrogens with zero attached hydrogens (tertiary/aromatic N) is 5. The summed E-state index contributed by atoms with van der Waals surface area (Å²) in [5.41, 5.74) is 6.69. The number of H-pyrrole nitrogens is 2. The van der Waals surface area contributed by atoms with E-state index in [-0.39, 0.29) is 11.8 Å². The van der Waals surface area contributed by atoms with Gasteiger partial charge in [0.25, 0.3) is 0 Å². The molecule has 1 amide bonds. The van der Waals surface area contributed by atoms with Crippen molar-refractivity contribution in [2.24, 2.45) is 5.92 Å². The predicted molar refractivity (Wildman–Crippen MR) is 137 cm³/mol. The highest BCUT2D eigenvalue weighted by Gasteiger charge is 2.18. The lowest BCUT2D eigenvalue weighted by atomic mass is 10.1. The maximum Gasteiger partial charge on any atom is 0.226 e. The van der Waals surface area contributed by atoms with E-state index in [4.69, 9.17) is 9.97 Å². The maximum absolute atomic E-state index is 12.1. The van der Waals surface area contributed by atoms with E-state index in [9.17, 15) is 4.79 Å². The standard InChI is InChI=1S/C25H20N8OS/c1-13(2)25(34)28-15-10-14(11-26-12-15)17-5-6-18-21(29-17)22(33-32-18)24-30-20-16(19-4-3-9-35-19)7-8-27-23(20)31-24/h3-13H,1-2H3,(H,28,34)(H,32,33)(H,27,30,31). The quantitative estimate of drug-likeness (QED) is 0.308. The van der Waals surface area contributed by atoms with Crippen LogP contribution in [0.4, 0.5) is 5.69 Å². The van der Waals surface area contributed by atoms with Crippen LogP contribution in [0.25, 0.3) is 55.4 Å². The highest BCUT2D eigenvalue weighted by atomic mass is 32.1. The molecule has 6 aromatic rings. The zero-order valence-electron chi connectivity index (χ0n) is 18.9. The van der Waals surface area contributed by atoms with Gasteiger partial charge >= 0.3 is 0 Å². The van der Waals surface area contributed by atoms with Gasteiger partial charge in [-0.15, -0.1) is 11.3 Å². The van der Waals surface area contributed by atoms with E-state index >= 15 is 0 Å². The molecule has 6 aromatic heterocycles. The van der Waals surface area contributed by atoms with Crippen LogP contribution in [0, 0.1) is 5.92 Å². The van der Waals surface area contributed by atoms with Crippen molar-refractivity contribution in [3.8, 4) is 33.2 Å². The second-order valence-corrected chi connectivity index (χ2v) is 9.34. The Morgan fingerprint density at radius 1 is 1.09 bits per heavy atom. The molecule has 0 saturated carbocycles. The van der Waals surface area contributed by atoms with Gasteiger partial charge in [-0.3, -0.25) is 14.9 Å². The lowest BCUT2D eigenvalue weighted by Crippen LogP contribution is -2.17. The van der Waals surface area contributed by atoms with Crippen LogP contribution in [0.3, 0.4) is 0 Å². The summed E-state index contributed by atoms with van der Waals surface area (Å²) in [4.78, 5) is 34.9. The summed E-state index contributed by atoms with van der Waals surface area (Å²) in [6, 6.07) is 11.7. The summed E-state index contributed by atoms with van der Waals surface area (Å²) in [6.07, 6.45) is 5.12. The Bertz CT molecular complexity index is 1680. The first-order valence-electron chi connectivity index (χ1n) is 11.1. The van der Waals surface area contributed by atoms with E-state index in [0.29, 0.717) is 34.1 Å². The topological polar surface area (TPSA) is 125 Å². The molecule has 0 atom stereocenters. The number of thiophene rings is 1. The number of nitrogens with one attached hydrogen (secondary N) is 3. The van der Waals surface area contributed by atoms with Gasteiger partial charge in [0.15, 0.2) is 17.2 Å². The van der Waals surface area contributed by atoms with Gasteiger partial charge in [-0.05, 0) is 35.7 Å². The number of aromatic nitrogens is 7. The second-order valence-electron chi connectivity index (χ2n) is 8.39. The van der Waals surface area contributed by atoms with Gasteiger partial charge in [-0.25, -0.2) is 15.0 Å². The number of anilines is 1. The molecule has 0 fully saturated rings. The molecular formula is C25H20N8OS. The number of imidazole rings is 1. The maximum atomic E-state index is 12.1. The molecule has 172 valence electrons. The van der Waals surface area contributed by atoms with Crippen molar-refractivity contribution in [3.05, 3.63) is 60.4 Å². The monoisotopic (exact) mass is 480 g/mol. The van der Waals surface area contributed by atoms with E-state index in [1.54, 1.807) is 29.9 Å². The van der Waals surface area contributed by atoms with Gasteiger partial charge in [0, 0.05) is 34.3 Å². The van der Waals surface area contributed by atoms with Gasteiger partial charge < -0.3 is 10.3 Å². The lowest BCUT2D eigenvalue weighted by molar-refractivity contribution is -0.118. The molecule has 0 aromatic carbocycles. The summed E-state index contributed by atoms with van der Waals surface area (Å²) in [5, 5.41) is 12.4. The number of hydrogen-bond acceptors (Lipinski definition) is 7. The third kappa shape index (κ3) is 3.83. The third-order valence-corrected chi connectivity index (χ3v) is 6.53. The third-order valence-electron chi connectivity index (χ3n) is 5.63. The molecule has 0 bridgehead atoms. The summed E-state index contributed by atoms with van der Waals surface area (Å²) in [6.45, 7) is 3.69. The largest absolute Gasteiger partial charge is 0.324 e. The SMILES string of the molecule is CC(C)C(=O)Nc1cncc(-c2ccc3[nH]nc(-c4nc5c(-c6cccs6)ccnc5[nH]4)c3n2)c1. The fraction of sp³-hybridized carbons (Fsp3) is 0.120. The highest BCUT2D eigenvalue weighted by molar-refractivity contribution is 7.13. The van der Waals surface area contributed by atoms with E-state index in [1.165, 1.54) is 0 Å². The zero-order chi connectivity index (χ0) is 23.9. The van der Waals surface area contributed by atoms with Crippen LogP contribution in [0.15, 0.2) is 60.4 Å². The number of fused-ring (bicyclic) bond motifs is 2. The molecule has 0 unspecified atom stereocenters. The number of hydrogen-bond donors (Lipinski definition) is 3. The fourth-order valence-electron chi connectivity index (χ4n) is 3.81. The Morgan fingerprint density at radius 2 is 2.00 bits per heavy atom. The number of carbonyl (C=O) groups excluding carboxylic acids is 1. The van der Waals surface area contributed by atoms with E-state index in [1.807, 2.05) is 49.6 Å². The average Bonchev–Trinajstić information content (AvgIpc) is 3.62. The van der Waals surface area contributed by atoms with E-state index < -0.39 is 0 Å². The van der Waals surface area contributed by atoms with Gasteiger partial charge in [0.1, 0.15) is 11.0 Å². The number of pyridine rings is 3. The van der Waals surface area contributed by atoms with Crippen molar-refractivity contribution in [1.29, 1.82) is 0 Å². The summed E-state index contributed by atoms with van der Waals surface area (Å²) in [7, 11) is 0. The normalized spacial score (nSPS) is 11.5. The van der Waals surface area contributed by atoms with Crippen LogP contribution < -0.4 is 5.32 Å². The summed E-state index contributed by atoms with van der Waals surface area (Å²) in [5.74, 6) is 0.397. The van der Waals surface area contributed by atoms with Crippen molar-refractivity contribution >= 4 is 45.1 Å². The van der Waals surface area contributed by atoms with Crippen molar-refractivity contribution in [1.82, 2.24) is 35.1 Å². The lowest BCUT2D eigenvalue weighted by Gasteiger charge is -2.08. The molecule has 0 saturated heterocycles. The van der Waals surface area contributed by atoms with E-state index in [0.717, 1.165) is 27.0 Å². The van der Waals surface area contributed by atoms with Crippen LogP contribution in [-0.4, -0.2) is 41.0 Å². The number of amides is 1. The van der Waals surface area contributed by atoms with Crippen molar-refractivity contribution in [2.75, 3.05) is 5.32 Å². The Kier molecular flexibility index (Phi) is 5.07. The molecule has 0 aliphatic carbocycles. The molecule has 0 spiro atoms. The van der Waals surface area contributed by atoms with Crippen molar-refractivity contribution < 1.29 is 4.79 Å². The molecule has 9 nitrogen and oxygen atoms in total. The van der Waals surface area contributed by atoms with Gasteiger partial charge in [0.05, 0.1) is 23.1 Å². The predicted octanol–water partition coefficient (Wildman–Crippen LogP) is 5.28. The van der Waals surface area contributed by atoms with Crippen LogP contribution in [0.5, 0.6) is 0 Å². The van der Waals surface area contributed by atoms with Gasteiger partial charge in [-0.1, -0.05) is 19.9 Å². The van der Waals surface area contributed by atoms with Crippen LogP contribution in [0.1, 0.15) is 13.8 Å². The summed E-state index contributed by atoms with van der Waals surface area (Å²) < 4.78 is 0. The minimum atomic E-state index is -0.125. The number of rotatable bonds is 5. The smallest absolute Gasteiger partial charge is 0.226 e. The van der Waals surface area contributed by atoms with Crippen LogP contribution in [0.2, 0.25) is 0 Å². The number of aromatic amines is 2. The summed E-state index contributed by atoms with van der Waals surface area (Å²) >= 11 is 1.66.